The summed E-state index contributed by atoms with van der Waals surface area (Å²) in [6.45, 7) is 5.48. The van der Waals surface area contributed by atoms with E-state index in [1.54, 1.807) is 41.6 Å². The van der Waals surface area contributed by atoms with Gasteiger partial charge in [-0.1, -0.05) is 42.8 Å². The number of fused-ring (bicyclic) bond motifs is 3. The lowest BCUT2D eigenvalue weighted by Crippen LogP contribution is -2.49. The fraction of sp³-hybridized carbons (Fsp3) is 0.400. The number of hydrazone groups is 1. The van der Waals surface area contributed by atoms with Crippen LogP contribution in [0, 0.1) is 17.3 Å². The number of rotatable bonds is 2. The number of nitrogens with zero attached hydrogens (tertiary/aromatic N) is 3. The van der Waals surface area contributed by atoms with E-state index in [9.17, 15) is 14.4 Å². The van der Waals surface area contributed by atoms with Crippen LogP contribution in [0.15, 0.2) is 46.0 Å². The summed E-state index contributed by atoms with van der Waals surface area (Å²) in [6.07, 6.45) is 5.22. The van der Waals surface area contributed by atoms with Crippen LogP contribution in [0.5, 0.6) is 0 Å². The highest BCUT2D eigenvalue weighted by atomic mass is 79.9. The number of benzene rings is 1. The molecule has 0 spiro atoms. The number of carbonyl (C=O) groups is 3. The van der Waals surface area contributed by atoms with Gasteiger partial charge in [0.05, 0.1) is 23.6 Å². The van der Waals surface area contributed by atoms with Crippen LogP contribution in [-0.4, -0.2) is 40.9 Å². The van der Waals surface area contributed by atoms with Crippen molar-refractivity contribution in [3.05, 3.63) is 40.9 Å². The number of ketones is 1. The summed E-state index contributed by atoms with van der Waals surface area (Å²) in [6, 6.07) is 5.92. The van der Waals surface area contributed by atoms with Crippen molar-refractivity contribution in [2.45, 2.75) is 32.9 Å². The molecule has 2 amide bonds. The first-order valence-corrected chi connectivity index (χ1v) is 9.68. The predicted octanol–water partition coefficient (Wildman–Crippen LogP) is 2.78. The molecule has 27 heavy (non-hydrogen) atoms. The summed E-state index contributed by atoms with van der Waals surface area (Å²) in [5.41, 5.74) is -0.116. The SMILES string of the molecule is CC(C)(C)C(=O)[C@@H]1[C@H]2C(=O)N(c3ccc(Br)cc3)C(=O)[C@@H]2[C@H]2C=CC=NN21. The van der Waals surface area contributed by atoms with Gasteiger partial charge in [-0.3, -0.25) is 19.4 Å². The van der Waals surface area contributed by atoms with Crippen molar-refractivity contribution in [3.8, 4) is 0 Å². The second-order valence-corrected chi connectivity index (χ2v) is 9.03. The Morgan fingerprint density at radius 2 is 1.70 bits per heavy atom. The first-order chi connectivity index (χ1) is 12.7. The van der Waals surface area contributed by atoms with Crippen LogP contribution in [0.4, 0.5) is 5.69 Å². The minimum absolute atomic E-state index is 0.0775. The third kappa shape index (κ3) is 2.67. The zero-order valence-corrected chi connectivity index (χ0v) is 16.9. The molecule has 0 radical (unpaired) electrons. The van der Waals surface area contributed by atoms with Gasteiger partial charge in [0.25, 0.3) is 0 Å². The molecular weight excluding hydrogens is 410 g/mol. The zero-order valence-electron chi connectivity index (χ0n) is 15.3. The Kier molecular flexibility index (Phi) is 4.10. The molecule has 0 unspecified atom stereocenters. The molecule has 0 N–H and O–H groups in total. The lowest BCUT2D eigenvalue weighted by atomic mass is 9.80. The quantitative estimate of drug-likeness (QED) is 0.677. The van der Waals surface area contributed by atoms with Gasteiger partial charge in [-0.2, -0.15) is 5.10 Å². The van der Waals surface area contributed by atoms with Gasteiger partial charge in [-0.15, -0.1) is 0 Å². The van der Waals surface area contributed by atoms with Crippen molar-refractivity contribution in [3.63, 3.8) is 0 Å². The molecule has 7 heteroatoms. The van der Waals surface area contributed by atoms with Crippen LogP contribution >= 0.6 is 15.9 Å². The van der Waals surface area contributed by atoms with Gasteiger partial charge in [0.15, 0.2) is 5.78 Å². The summed E-state index contributed by atoms with van der Waals surface area (Å²) in [5, 5.41) is 5.99. The smallest absolute Gasteiger partial charge is 0.240 e. The van der Waals surface area contributed by atoms with Gasteiger partial charge >= 0.3 is 0 Å². The van der Waals surface area contributed by atoms with E-state index in [0.29, 0.717) is 5.69 Å². The number of Topliss-reactive ketones (excluding diaryl/α,β-unsaturated/α-hetero) is 1. The topological polar surface area (TPSA) is 70.0 Å². The second kappa shape index (κ2) is 6.12. The van der Waals surface area contributed by atoms with Crippen molar-refractivity contribution < 1.29 is 14.4 Å². The molecule has 6 nitrogen and oxygen atoms in total. The molecule has 0 aliphatic carbocycles. The minimum atomic E-state index is -0.738. The summed E-state index contributed by atoms with van der Waals surface area (Å²) >= 11 is 3.36. The molecule has 4 atom stereocenters. The number of allylic oxidation sites excluding steroid dienone is 1. The molecule has 2 saturated heterocycles. The minimum Gasteiger partial charge on any atom is -0.297 e. The van der Waals surface area contributed by atoms with Crippen molar-refractivity contribution in [1.82, 2.24) is 5.01 Å². The van der Waals surface area contributed by atoms with Gasteiger partial charge in [-0.25, -0.2) is 4.90 Å². The van der Waals surface area contributed by atoms with E-state index < -0.39 is 23.3 Å². The third-order valence-corrected chi connectivity index (χ3v) is 5.91. The van der Waals surface area contributed by atoms with E-state index in [-0.39, 0.29) is 23.6 Å². The molecule has 4 rings (SSSR count). The first kappa shape index (κ1) is 18.1. The molecule has 3 aliphatic rings. The van der Waals surface area contributed by atoms with E-state index in [0.717, 1.165) is 4.47 Å². The highest BCUT2D eigenvalue weighted by Crippen LogP contribution is 2.47. The van der Waals surface area contributed by atoms with Crippen molar-refractivity contribution in [2.24, 2.45) is 22.4 Å². The van der Waals surface area contributed by atoms with E-state index in [1.165, 1.54) is 4.90 Å². The molecule has 1 aromatic rings. The Morgan fingerprint density at radius 1 is 1.07 bits per heavy atom. The highest BCUT2D eigenvalue weighted by Gasteiger charge is 2.64. The Bertz CT molecular complexity index is 885. The monoisotopic (exact) mass is 429 g/mol. The summed E-state index contributed by atoms with van der Waals surface area (Å²) in [5.74, 6) is -2.00. The van der Waals surface area contributed by atoms with Crippen molar-refractivity contribution >= 4 is 45.4 Å². The largest absolute Gasteiger partial charge is 0.297 e. The second-order valence-electron chi connectivity index (χ2n) is 8.12. The summed E-state index contributed by atoms with van der Waals surface area (Å²) < 4.78 is 0.863. The summed E-state index contributed by atoms with van der Waals surface area (Å²) in [7, 11) is 0. The number of hydrogen-bond donors (Lipinski definition) is 0. The number of carbonyl (C=O) groups excluding carboxylic acids is 3. The average Bonchev–Trinajstić information content (AvgIpc) is 3.08. The van der Waals surface area contributed by atoms with E-state index >= 15 is 0 Å². The molecule has 3 aliphatic heterocycles. The van der Waals surface area contributed by atoms with Gasteiger partial charge < -0.3 is 0 Å². The number of hydrogen-bond acceptors (Lipinski definition) is 5. The maximum absolute atomic E-state index is 13.3. The van der Waals surface area contributed by atoms with Crippen LogP contribution in [-0.2, 0) is 14.4 Å². The van der Waals surface area contributed by atoms with Crippen LogP contribution < -0.4 is 4.90 Å². The van der Waals surface area contributed by atoms with Gasteiger partial charge in [0, 0.05) is 16.1 Å². The Morgan fingerprint density at radius 3 is 2.33 bits per heavy atom. The molecule has 0 aromatic heterocycles. The fourth-order valence-electron chi connectivity index (χ4n) is 4.13. The number of anilines is 1. The van der Waals surface area contributed by atoms with Gasteiger partial charge in [-0.05, 0) is 30.3 Å². The normalized spacial score (nSPS) is 29.3. The Balaban J connectivity index is 1.79. The molecule has 0 bridgehead atoms. The highest BCUT2D eigenvalue weighted by molar-refractivity contribution is 9.10. The van der Waals surface area contributed by atoms with E-state index in [2.05, 4.69) is 21.0 Å². The van der Waals surface area contributed by atoms with Crippen LogP contribution in [0.2, 0.25) is 0 Å². The third-order valence-electron chi connectivity index (χ3n) is 5.38. The van der Waals surface area contributed by atoms with E-state index in [1.807, 2.05) is 26.8 Å². The van der Waals surface area contributed by atoms with Gasteiger partial charge in [0.2, 0.25) is 11.8 Å². The molecule has 3 heterocycles. The maximum Gasteiger partial charge on any atom is 0.240 e. The first-order valence-electron chi connectivity index (χ1n) is 8.88. The lowest BCUT2D eigenvalue weighted by Gasteiger charge is -2.33. The number of imide groups is 1. The van der Waals surface area contributed by atoms with Crippen LogP contribution in [0.3, 0.4) is 0 Å². The lowest BCUT2D eigenvalue weighted by molar-refractivity contribution is -0.136. The molecule has 0 saturated carbocycles. The Labute approximate surface area is 166 Å². The maximum atomic E-state index is 13.3. The standard InChI is InChI=1S/C20H20BrN3O3/c1-20(2,3)17(25)16-15-14(13-5-4-10-22-24(13)16)18(26)23(19(15)27)12-8-6-11(21)7-9-12/h4-10,13-16H,1-3H3/t13-,14-,15+,16+/m1/s1. The number of amides is 2. The fourth-order valence-corrected chi connectivity index (χ4v) is 4.39. The number of halogens is 1. The van der Waals surface area contributed by atoms with Gasteiger partial charge in [0.1, 0.15) is 6.04 Å². The zero-order chi connectivity index (χ0) is 19.5. The van der Waals surface area contributed by atoms with Crippen molar-refractivity contribution in [2.75, 3.05) is 4.90 Å². The molecule has 140 valence electrons. The van der Waals surface area contributed by atoms with E-state index in [4.69, 9.17) is 0 Å². The average molecular weight is 430 g/mol. The van der Waals surface area contributed by atoms with Crippen molar-refractivity contribution in [1.29, 1.82) is 0 Å². The van der Waals surface area contributed by atoms with Crippen LogP contribution in [0.25, 0.3) is 0 Å². The molecular formula is C20H20BrN3O3. The Hall–Kier alpha value is -2.28. The molecule has 2 fully saturated rings. The predicted molar refractivity (Wildman–Crippen MR) is 105 cm³/mol. The summed E-state index contributed by atoms with van der Waals surface area (Å²) in [4.78, 5) is 40.9. The molecule has 1 aromatic carbocycles. The van der Waals surface area contributed by atoms with Crippen LogP contribution in [0.1, 0.15) is 20.8 Å².